The first kappa shape index (κ1) is 39.0. The lowest BCUT2D eigenvalue weighted by atomic mass is 9.92. The van der Waals surface area contributed by atoms with Gasteiger partial charge in [-0.2, -0.15) is 0 Å². The van der Waals surface area contributed by atoms with Crippen LogP contribution in [0.2, 0.25) is 0 Å². The lowest BCUT2D eigenvalue weighted by Crippen LogP contribution is -2.40. The summed E-state index contributed by atoms with van der Waals surface area (Å²) in [5.41, 5.74) is 2.76. The highest BCUT2D eigenvalue weighted by Gasteiger charge is 2.22. The Bertz CT molecular complexity index is 954. The molecule has 1 heterocycles. The predicted octanol–water partition coefficient (Wildman–Crippen LogP) is 11.9. The van der Waals surface area contributed by atoms with Crippen molar-refractivity contribution < 1.29 is 9.53 Å². The van der Waals surface area contributed by atoms with Crippen LogP contribution in [0.4, 0.5) is 0 Å². The molecule has 2 fully saturated rings. The number of rotatable bonds is 12. The Balaban J connectivity index is 0.000000317. The standard InChI is InChI=1S/C14H14OS.C12H21N.C11H22O.C2H6/c1-11-3-7-13(8-4-11)16-14-9-5-12(15-2)6-10-14;1-11-7-9-13(10-8-11)12-5-3-2-4-6-12;1-3-4-5-6-7-8-9-10-11(2)12;1-2/h3-10H,1-2H3;12H,1-10H2;3-10H2,1-2H3;1-2H3. The van der Waals surface area contributed by atoms with E-state index in [4.69, 9.17) is 4.74 Å². The first-order valence-electron chi connectivity index (χ1n) is 17.2. The van der Waals surface area contributed by atoms with Crippen molar-refractivity contribution in [3.63, 3.8) is 0 Å². The number of ketones is 1. The van der Waals surface area contributed by atoms with Crippen molar-refractivity contribution in [2.24, 2.45) is 0 Å². The van der Waals surface area contributed by atoms with E-state index in [-0.39, 0.29) is 0 Å². The number of piperidine rings is 1. The number of benzene rings is 2. The number of carbonyl (C=O) groups excluding carboxylic acids is 1. The van der Waals surface area contributed by atoms with Crippen LogP contribution in [0, 0.1) is 6.92 Å². The van der Waals surface area contributed by atoms with Crippen LogP contribution >= 0.6 is 11.8 Å². The molecule has 0 bridgehead atoms. The van der Waals surface area contributed by atoms with E-state index >= 15 is 0 Å². The maximum Gasteiger partial charge on any atom is 0.129 e. The van der Waals surface area contributed by atoms with Crippen LogP contribution in [0.25, 0.3) is 0 Å². The van der Waals surface area contributed by atoms with Gasteiger partial charge in [0.25, 0.3) is 0 Å². The first-order chi connectivity index (χ1) is 20.9. The molecular weight excluding hydrogens is 547 g/mol. The molecule has 3 nitrogen and oxygen atoms in total. The molecule has 1 aliphatic heterocycles. The average Bonchev–Trinajstić information content (AvgIpc) is 3.04. The van der Waals surface area contributed by atoms with Crippen LogP contribution in [0.5, 0.6) is 5.75 Å². The predicted molar refractivity (Wildman–Crippen MR) is 190 cm³/mol. The zero-order valence-corrected chi connectivity index (χ0v) is 29.4. The van der Waals surface area contributed by atoms with Gasteiger partial charge in [0.05, 0.1) is 7.11 Å². The fourth-order valence-corrected chi connectivity index (χ4v) is 6.19. The highest BCUT2D eigenvalue weighted by molar-refractivity contribution is 7.99. The number of aryl methyl sites for hydroxylation is 1. The molecule has 0 atom stereocenters. The molecule has 1 saturated carbocycles. The molecule has 43 heavy (non-hydrogen) atoms. The molecule has 0 aromatic heterocycles. The van der Waals surface area contributed by atoms with E-state index in [1.807, 2.05) is 26.0 Å². The van der Waals surface area contributed by atoms with Crippen molar-refractivity contribution in [3.05, 3.63) is 66.2 Å². The van der Waals surface area contributed by atoms with Gasteiger partial charge in [0.2, 0.25) is 0 Å². The maximum absolute atomic E-state index is 10.6. The molecule has 242 valence electrons. The zero-order valence-electron chi connectivity index (χ0n) is 28.6. The van der Waals surface area contributed by atoms with Gasteiger partial charge in [-0.25, -0.2) is 0 Å². The number of Topliss-reactive ketones (excluding diaryl/α,β-unsaturated/α-hetero) is 1. The maximum atomic E-state index is 10.6. The second-order valence-electron chi connectivity index (χ2n) is 11.7. The van der Waals surface area contributed by atoms with Crippen molar-refractivity contribution in [1.29, 1.82) is 0 Å². The van der Waals surface area contributed by atoms with Crippen LogP contribution in [0.3, 0.4) is 0 Å². The van der Waals surface area contributed by atoms with Crippen LogP contribution in [-0.4, -0.2) is 36.9 Å². The topological polar surface area (TPSA) is 29.5 Å². The molecule has 0 N–H and O–H groups in total. The summed E-state index contributed by atoms with van der Waals surface area (Å²) in [6, 6.07) is 17.6. The van der Waals surface area contributed by atoms with E-state index in [0.29, 0.717) is 5.78 Å². The van der Waals surface area contributed by atoms with Crippen LogP contribution in [0.1, 0.15) is 130 Å². The Hall–Kier alpha value is -2.04. The minimum Gasteiger partial charge on any atom is -0.497 e. The van der Waals surface area contributed by atoms with Gasteiger partial charge in [0.1, 0.15) is 11.5 Å². The number of methoxy groups -OCH3 is 1. The van der Waals surface area contributed by atoms with Crippen LogP contribution in [0.15, 0.2) is 70.5 Å². The van der Waals surface area contributed by atoms with Gasteiger partial charge in [0.15, 0.2) is 0 Å². The zero-order chi connectivity index (χ0) is 31.7. The molecule has 4 heteroatoms. The summed E-state index contributed by atoms with van der Waals surface area (Å²) in [5, 5.41) is 0. The highest BCUT2D eigenvalue weighted by Crippen LogP contribution is 2.29. The van der Waals surface area contributed by atoms with Crippen molar-refractivity contribution in [1.82, 2.24) is 4.90 Å². The third kappa shape index (κ3) is 19.1. The van der Waals surface area contributed by atoms with E-state index in [1.54, 1.807) is 25.8 Å². The van der Waals surface area contributed by atoms with Crippen molar-refractivity contribution >= 4 is 17.5 Å². The molecule has 1 aliphatic carbocycles. The van der Waals surface area contributed by atoms with E-state index in [1.165, 1.54) is 117 Å². The van der Waals surface area contributed by atoms with Crippen molar-refractivity contribution in [3.8, 4) is 5.75 Å². The van der Waals surface area contributed by atoms with Gasteiger partial charge < -0.3 is 9.53 Å². The summed E-state index contributed by atoms with van der Waals surface area (Å²) in [4.78, 5) is 15.8. The van der Waals surface area contributed by atoms with Gasteiger partial charge >= 0.3 is 0 Å². The molecule has 4 rings (SSSR count). The van der Waals surface area contributed by atoms with E-state index in [0.717, 1.165) is 24.6 Å². The third-order valence-electron chi connectivity index (χ3n) is 8.04. The molecule has 0 spiro atoms. The fourth-order valence-electron chi connectivity index (χ4n) is 5.37. The summed E-state index contributed by atoms with van der Waals surface area (Å²) >= 11 is 1.76. The molecule has 2 aliphatic rings. The average molecular weight is 610 g/mol. The number of hydrogen-bond donors (Lipinski definition) is 0. The molecule has 2 aromatic rings. The summed E-state index contributed by atoms with van der Waals surface area (Å²) in [6.07, 6.45) is 19.6. The van der Waals surface area contributed by atoms with Crippen molar-refractivity contribution in [2.75, 3.05) is 20.2 Å². The van der Waals surface area contributed by atoms with Gasteiger partial charge in [-0.1, -0.05) is 120 Å². The van der Waals surface area contributed by atoms with E-state index < -0.39 is 0 Å². The molecule has 0 amide bonds. The Labute approximate surface area is 270 Å². The first-order valence-corrected chi connectivity index (χ1v) is 18.0. The summed E-state index contributed by atoms with van der Waals surface area (Å²) < 4.78 is 5.13. The lowest BCUT2D eigenvalue weighted by molar-refractivity contribution is -0.117. The van der Waals surface area contributed by atoms with E-state index in [2.05, 4.69) is 61.7 Å². The molecule has 0 unspecified atom stereocenters. The van der Waals surface area contributed by atoms with Gasteiger partial charge in [-0.05, 0) is 82.3 Å². The number of likely N-dealkylation sites (tertiary alicyclic amines) is 1. The number of hydrogen-bond acceptors (Lipinski definition) is 4. The lowest BCUT2D eigenvalue weighted by Gasteiger charge is -2.37. The number of carbonyl (C=O) groups is 1. The number of nitrogens with zero attached hydrogens (tertiary/aromatic N) is 1. The quantitative estimate of drug-likeness (QED) is 0.177. The Morgan fingerprint density at radius 2 is 1.35 bits per heavy atom. The Morgan fingerprint density at radius 3 is 1.86 bits per heavy atom. The Kier molecular flexibility index (Phi) is 22.9. The normalized spacial score (nSPS) is 15.2. The van der Waals surface area contributed by atoms with E-state index in [9.17, 15) is 4.79 Å². The SMILES string of the molecule is C=C1CCN(C2CCCCC2)CC1.CC.CCCCCCCCCC(C)=O.COc1ccc(Sc2ccc(C)cc2)cc1. The fraction of sp³-hybridized carbons (Fsp3) is 0.615. The van der Waals surface area contributed by atoms with Gasteiger partial charge in [-0.3, -0.25) is 4.90 Å². The van der Waals surface area contributed by atoms with Crippen molar-refractivity contribution in [2.45, 2.75) is 147 Å². The third-order valence-corrected chi connectivity index (χ3v) is 9.06. The van der Waals surface area contributed by atoms with Crippen LogP contribution in [-0.2, 0) is 4.79 Å². The second-order valence-corrected chi connectivity index (χ2v) is 12.9. The largest absolute Gasteiger partial charge is 0.497 e. The Morgan fingerprint density at radius 1 is 0.837 bits per heavy atom. The van der Waals surface area contributed by atoms with Crippen LogP contribution < -0.4 is 4.74 Å². The molecular formula is C39H63NO2S. The summed E-state index contributed by atoms with van der Waals surface area (Å²) in [5.74, 6) is 1.23. The number of ether oxygens (including phenoxy) is 1. The highest BCUT2D eigenvalue weighted by atomic mass is 32.2. The van der Waals surface area contributed by atoms with Gasteiger partial charge in [0, 0.05) is 35.3 Å². The van der Waals surface area contributed by atoms with Gasteiger partial charge in [-0.15, -0.1) is 0 Å². The summed E-state index contributed by atoms with van der Waals surface area (Å²) in [7, 11) is 1.68. The minimum absolute atomic E-state index is 0.337. The second kappa shape index (κ2) is 25.3. The smallest absolute Gasteiger partial charge is 0.129 e. The summed E-state index contributed by atoms with van der Waals surface area (Å²) in [6.45, 7) is 16.6. The number of unbranched alkanes of at least 4 members (excludes halogenated alkanes) is 6. The molecule has 1 saturated heterocycles. The monoisotopic (exact) mass is 609 g/mol. The minimum atomic E-state index is 0.337. The molecule has 2 aromatic carbocycles. The molecule has 0 radical (unpaired) electrons.